The molecule has 0 bridgehead atoms. The smallest absolute Gasteiger partial charge is 0.475 e. The molecule has 1 aliphatic heterocycles. The average molecular weight is 426 g/mol. The Morgan fingerprint density at radius 1 is 1.03 bits per heavy atom. The van der Waals surface area contributed by atoms with E-state index in [1.807, 2.05) is 24.3 Å². The number of carbonyl (C=O) groups excluding carboxylic acids is 1. The molecule has 1 saturated heterocycles. The third-order valence-corrected chi connectivity index (χ3v) is 5.49. The highest BCUT2D eigenvalue weighted by molar-refractivity contribution is 6.43. The molecule has 0 radical (unpaired) electrons. The minimum Gasteiger partial charge on any atom is -0.507 e. The molecule has 8 nitrogen and oxygen atoms in total. The molecule has 31 heavy (non-hydrogen) atoms. The van der Waals surface area contributed by atoms with Crippen molar-refractivity contribution < 1.29 is 29.9 Å². The molecule has 1 aliphatic rings. The highest BCUT2D eigenvalue weighted by Crippen LogP contribution is 2.24. The number of nitrogens with zero attached hydrogens (tertiary/aromatic N) is 1. The van der Waals surface area contributed by atoms with Gasteiger partial charge < -0.3 is 25.6 Å². The molecule has 0 saturated carbocycles. The number of hydrogen-bond acceptors (Lipinski definition) is 6. The van der Waals surface area contributed by atoms with Gasteiger partial charge in [0.15, 0.2) is 0 Å². The first-order valence-corrected chi connectivity index (χ1v) is 10.3. The van der Waals surface area contributed by atoms with Gasteiger partial charge in [-0.1, -0.05) is 36.4 Å². The van der Waals surface area contributed by atoms with Crippen molar-refractivity contribution >= 4 is 19.0 Å². The summed E-state index contributed by atoms with van der Waals surface area (Å²) in [6.07, 6.45) is 2.39. The molecule has 1 amide bonds. The van der Waals surface area contributed by atoms with Crippen LogP contribution in [0.25, 0.3) is 0 Å². The standard InChI is InChI=1S/C22H27BN2O6/c26-20(12-15-6-8-16(9-7-15)14-25-10-1-2-11-25)24-19(23(30)31)13-17-4-3-5-18(21(17)27)22(28)29/h3-9,19,27,30-31H,1-2,10-14H2,(H,24,26)(H,28,29). The van der Waals surface area contributed by atoms with E-state index in [-0.39, 0.29) is 24.0 Å². The molecule has 164 valence electrons. The summed E-state index contributed by atoms with van der Waals surface area (Å²) in [6, 6.07) is 11.9. The van der Waals surface area contributed by atoms with E-state index >= 15 is 0 Å². The van der Waals surface area contributed by atoms with Crippen LogP contribution in [0.4, 0.5) is 0 Å². The molecule has 1 unspecified atom stereocenters. The fourth-order valence-corrected chi connectivity index (χ4v) is 3.80. The van der Waals surface area contributed by atoms with Gasteiger partial charge in [-0.2, -0.15) is 0 Å². The number of likely N-dealkylation sites (tertiary alicyclic amines) is 1. The summed E-state index contributed by atoms with van der Waals surface area (Å²) >= 11 is 0. The summed E-state index contributed by atoms with van der Waals surface area (Å²) in [4.78, 5) is 26.0. The zero-order valence-corrected chi connectivity index (χ0v) is 17.2. The fourth-order valence-electron chi connectivity index (χ4n) is 3.80. The minimum atomic E-state index is -1.88. The fraction of sp³-hybridized carbons (Fsp3) is 0.364. The second-order valence-electron chi connectivity index (χ2n) is 7.89. The highest BCUT2D eigenvalue weighted by Gasteiger charge is 2.27. The number of carboxylic acids is 1. The second kappa shape index (κ2) is 10.4. The number of rotatable bonds is 9. The lowest BCUT2D eigenvalue weighted by Crippen LogP contribution is -2.48. The number of hydrogen-bond donors (Lipinski definition) is 5. The molecule has 2 aromatic carbocycles. The normalized spacial score (nSPS) is 14.9. The maximum absolute atomic E-state index is 12.4. The first kappa shape index (κ1) is 22.8. The molecule has 0 aliphatic carbocycles. The number of carbonyl (C=O) groups is 2. The number of aromatic carboxylic acids is 1. The van der Waals surface area contributed by atoms with Crippen LogP contribution in [0.2, 0.25) is 0 Å². The number of nitrogens with one attached hydrogen (secondary N) is 1. The van der Waals surface area contributed by atoms with Crippen LogP contribution < -0.4 is 5.32 Å². The Morgan fingerprint density at radius 2 is 1.68 bits per heavy atom. The molecule has 1 fully saturated rings. The van der Waals surface area contributed by atoms with Crippen molar-refractivity contribution in [1.82, 2.24) is 10.2 Å². The summed E-state index contributed by atoms with van der Waals surface area (Å²) in [7, 11) is -1.88. The zero-order valence-electron chi connectivity index (χ0n) is 17.2. The van der Waals surface area contributed by atoms with Crippen LogP contribution in [0.3, 0.4) is 0 Å². The largest absolute Gasteiger partial charge is 0.507 e. The minimum absolute atomic E-state index is 0.0639. The van der Waals surface area contributed by atoms with E-state index in [0.717, 1.165) is 25.2 Å². The maximum Gasteiger partial charge on any atom is 0.475 e. The quantitative estimate of drug-likeness (QED) is 0.378. The van der Waals surface area contributed by atoms with E-state index in [4.69, 9.17) is 5.11 Å². The van der Waals surface area contributed by atoms with Crippen LogP contribution in [0.5, 0.6) is 5.75 Å². The molecule has 9 heteroatoms. The van der Waals surface area contributed by atoms with Crippen molar-refractivity contribution in [3.8, 4) is 5.75 Å². The number of phenols is 1. The lowest BCUT2D eigenvalue weighted by Gasteiger charge is -2.19. The first-order chi connectivity index (χ1) is 14.8. The molecular weight excluding hydrogens is 399 g/mol. The van der Waals surface area contributed by atoms with E-state index in [0.29, 0.717) is 0 Å². The summed E-state index contributed by atoms with van der Waals surface area (Å²) in [6.45, 7) is 3.12. The Kier molecular flexibility index (Phi) is 7.67. The van der Waals surface area contributed by atoms with Crippen molar-refractivity contribution in [2.45, 2.75) is 38.2 Å². The predicted octanol–water partition coefficient (Wildman–Crippen LogP) is 0.968. The van der Waals surface area contributed by atoms with Gasteiger partial charge >= 0.3 is 13.1 Å². The van der Waals surface area contributed by atoms with Crippen LogP contribution in [0.1, 0.15) is 39.9 Å². The number of benzene rings is 2. The van der Waals surface area contributed by atoms with Crippen LogP contribution in [0, 0.1) is 0 Å². The summed E-state index contributed by atoms with van der Waals surface area (Å²) in [5, 5.41) is 41.1. The topological polar surface area (TPSA) is 130 Å². The van der Waals surface area contributed by atoms with E-state index in [2.05, 4.69) is 10.2 Å². The molecule has 5 N–H and O–H groups in total. The average Bonchev–Trinajstić information content (AvgIpc) is 3.23. The van der Waals surface area contributed by atoms with Crippen molar-refractivity contribution in [2.75, 3.05) is 13.1 Å². The Balaban J connectivity index is 1.59. The number of aromatic hydroxyl groups is 1. The Hall–Kier alpha value is -2.88. The summed E-state index contributed by atoms with van der Waals surface area (Å²) in [5.41, 5.74) is 1.89. The maximum atomic E-state index is 12.4. The second-order valence-corrected chi connectivity index (χ2v) is 7.89. The Morgan fingerprint density at radius 3 is 2.29 bits per heavy atom. The van der Waals surface area contributed by atoms with Crippen molar-refractivity contribution in [2.24, 2.45) is 0 Å². The van der Waals surface area contributed by atoms with Gasteiger partial charge in [0.25, 0.3) is 0 Å². The molecule has 1 atom stereocenters. The van der Waals surface area contributed by atoms with Gasteiger partial charge in [0.1, 0.15) is 11.3 Å². The Labute approximate surface area is 181 Å². The van der Waals surface area contributed by atoms with Crippen molar-refractivity contribution in [3.63, 3.8) is 0 Å². The van der Waals surface area contributed by atoms with Gasteiger partial charge in [0, 0.05) is 6.54 Å². The van der Waals surface area contributed by atoms with Gasteiger partial charge in [-0.05, 0) is 55.1 Å². The number of amides is 1. The molecule has 0 aromatic heterocycles. The molecular formula is C22H27BN2O6. The SMILES string of the molecule is O=C(Cc1ccc(CN2CCCC2)cc1)NC(Cc1cccc(C(=O)O)c1O)B(O)O. The molecule has 0 spiro atoms. The van der Waals surface area contributed by atoms with Gasteiger partial charge in [-0.15, -0.1) is 0 Å². The number of para-hydroxylation sites is 1. The monoisotopic (exact) mass is 426 g/mol. The molecule has 1 heterocycles. The van der Waals surface area contributed by atoms with Gasteiger partial charge in [-0.3, -0.25) is 9.69 Å². The Bertz CT molecular complexity index is 913. The predicted molar refractivity (Wildman–Crippen MR) is 116 cm³/mol. The van der Waals surface area contributed by atoms with Crippen LogP contribution in [-0.4, -0.2) is 63.2 Å². The summed E-state index contributed by atoms with van der Waals surface area (Å²) < 4.78 is 0. The van der Waals surface area contributed by atoms with Crippen LogP contribution >= 0.6 is 0 Å². The van der Waals surface area contributed by atoms with Gasteiger partial charge in [0.2, 0.25) is 5.91 Å². The lowest BCUT2D eigenvalue weighted by molar-refractivity contribution is -0.120. The van der Waals surface area contributed by atoms with Gasteiger partial charge in [-0.25, -0.2) is 4.79 Å². The molecule has 2 aromatic rings. The third-order valence-electron chi connectivity index (χ3n) is 5.49. The summed E-state index contributed by atoms with van der Waals surface area (Å²) in [5.74, 6) is -3.25. The highest BCUT2D eigenvalue weighted by atomic mass is 16.4. The number of carboxylic acid groups (broad SMARTS) is 1. The van der Waals surface area contributed by atoms with E-state index in [1.165, 1.54) is 36.6 Å². The van der Waals surface area contributed by atoms with E-state index in [1.54, 1.807) is 0 Å². The molecule has 3 rings (SSSR count). The van der Waals surface area contributed by atoms with Crippen LogP contribution in [0.15, 0.2) is 42.5 Å². The first-order valence-electron chi connectivity index (χ1n) is 10.3. The zero-order chi connectivity index (χ0) is 22.4. The lowest BCUT2D eigenvalue weighted by atomic mass is 9.75. The van der Waals surface area contributed by atoms with Crippen molar-refractivity contribution in [3.05, 3.63) is 64.7 Å². The van der Waals surface area contributed by atoms with E-state index < -0.39 is 30.7 Å². The van der Waals surface area contributed by atoms with Crippen molar-refractivity contribution in [1.29, 1.82) is 0 Å². The van der Waals surface area contributed by atoms with Crippen LogP contribution in [-0.2, 0) is 24.2 Å². The van der Waals surface area contributed by atoms with Gasteiger partial charge in [0.05, 0.1) is 12.4 Å². The van der Waals surface area contributed by atoms with E-state index in [9.17, 15) is 24.7 Å². The third kappa shape index (κ3) is 6.30.